The molecule has 1 saturated heterocycles. The van der Waals surface area contributed by atoms with Crippen LogP contribution in [-0.4, -0.2) is 22.5 Å². The van der Waals surface area contributed by atoms with E-state index in [-0.39, 0.29) is 24.2 Å². The van der Waals surface area contributed by atoms with Crippen LogP contribution in [0.5, 0.6) is 0 Å². The van der Waals surface area contributed by atoms with Crippen LogP contribution in [0.25, 0.3) is 0 Å². The van der Waals surface area contributed by atoms with Crippen LogP contribution in [0.15, 0.2) is 28.8 Å². The predicted molar refractivity (Wildman–Crippen MR) is 79.8 cm³/mol. The number of amides is 1. The molecule has 1 fully saturated rings. The maximum absolute atomic E-state index is 13.7. The smallest absolute Gasteiger partial charge is 0.227 e. The molecule has 4 nitrogen and oxygen atoms in total. The molecular weight excluding hydrogens is 283 g/mol. The van der Waals surface area contributed by atoms with E-state index < -0.39 is 0 Å². The minimum atomic E-state index is -0.330. The first-order valence-electron chi connectivity index (χ1n) is 7.53. The van der Waals surface area contributed by atoms with Gasteiger partial charge in [0.05, 0.1) is 18.2 Å². The maximum Gasteiger partial charge on any atom is 0.227 e. The third-order valence-corrected chi connectivity index (χ3v) is 4.29. The van der Waals surface area contributed by atoms with Gasteiger partial charge < -0.3 is 9.42 Å². The fourth-order valence-corrected chi connectivity index (χ4v) is 3.24. The highest BCUT2D eigenvalue weighted by molar-refractivity contribution is 5.79. The number of rotatable bonds is 3. The van der Waals surface area contributed by atoms with Gasteiger partial charge in [0.15, 0.2) is 0 Å². The number of halogens is 1. The molecule has 0 N–H and O–H groups in total. The topological polar surface area (TPSA) is 46.3 Å². The van der Waals surface area contributed by atoms with Crippen molar-refractivity contribution >= 4 is 5.91 Å². The molecule has 22 heavy (non-hydrogen) atoms. The zero-order valence-corrected chi connectivity index (χ0v) is 12.8. The van der Waals surface area contributed by atoms with Gasteiger partial charge in [0.25, 0.3) is 0 Å². The molecule has 3 rings (SSSR count). The van der Waals surface area contributed by atoms with Crippen LogP contribution in [-0.2, 0) is 11.2 Å². The molecule has 0 radical (unpaired) electrons. The monoisotopic (exact) mass is 302 g/mol. The van der Waals surface area contributed by atoms with Crippen molar-refractivity contribution in [2.45, 2.75) is 39.2 Å². The van der Waals surface area contributed by atoms with Gasteiger partial charge in [0.1, 0.15) is 11.6 Å². The molecule has 0 bridgehead atoms. The van der Waals surface area contributed by atoms with Gasteiger partial charge in [-0.1, -0.05) is 23.4 Å². The van der Waals surface area contributed by atoms with Crippen molar-refractivity contribution in [3.05, 3.63) is 52.7 Å². The zero-order chi connectivity index (χ0) is 15.7. The Kier molecular flexibility index (Phi) is 3.96. The molecule has 1 aliphatic rings. The Balaban J connectivity index is 1.81. The van der Waals surface area contributed by atoms with Crippen molar-refractivity contribution in [1.29, 1.82) is 0 Å². The number of hydrogen-bond donors (Lipinski definition) is 0. The quantitative estimate of drug-likeness (QED) is 0.873. The second-order valence-corrected chi connectivity index (χ2v) is 5.75. The maximum atomic E-state index is 13.7. The number of carbonyl (C=O) groups is 1. The van der Waals surface area contributed by atoms with Gasteiger partial charge in [-0.2, -0.15) is 0 Å². The Morgan fingerprint density at radius 2 is 2.18 bits per heavy atom. The first-order valence-corrected chi connectivity index (χ1v) is 7.53. The SMILES string of the molecule is Cc1noc(C)c1C1CCCN1C(=O)Cc1ccccc1F. The molecule has 1 atom stereocenters. The van der Waals surface area contributed by atoms with E-state index in [1.807, 2.05) is 18.7 Å². The van der Waals surface area contributed by atoms with Crippen LogP contribution in [0.4, 0.5) is 4.39 Å². The van der Waals surface area contributed by atoms with Gasteiger partial charge in [0, 0.05) is 12.1 Å². The van der Waals surface area contributed by atoms with Crippen LogP contribution in [0, 0.1) is 19.7 Å². The molecule has 1 amide bonds. The fourth-order valence-electron chi connectivity index (χ4n) is 3.24. The summed E-state index contributed by atoms with van der Waals surface area (Å²) in [6, 6.07) is 6.42. The average molecular weight is 302 g/mol. The summed E-state index contributed by atoms with van der Waals surface area (Å²) in [5.74, 6) is 0.379. The Hall–Kier alpha value is -2.17. The first kappa shape index (κ1) is 14.8. The molecule has 1 aromatic carbocycles. The summed E-state index contributed by atoms with van der Waals surface area (Å²) < 4.78 is 19.0. The third kappa shape index (κ3) is 2.63. The molecular formula is C17H19FN2O2. The van der Waals surface area contributed by atoms with E-state index in [2.05, 4.69) is 5.16 Å². The lowest BCUT2D eigenvalue weighted by Crippen LogP contribution is -2.32. The number of hydrogen-bond acceptors (Lipinski definition) is 3. The van der Waals surface area contributed by atoms with Crippen molar-refractivity contribution in [2.24, 2.45) is 0 Å². The molecule has 1 aliphatic heterocycles. The summed E-state index contributed by atoms with van der Waals surface area (Å²) in [5, 5.41) is 3.98. The first-order chi connectivity index (χ1) is 10.6. The normalized spacial score (nSPS) is 18.0. The van der Waals surface area contributed by atoms with Crippen LogP contribution < -0.4 is 0 Å². The molecule has 2 aromatic rings. The van der Waals surface area contributed by atoms with E-state index in [0.29, 0.717) is 12.1 Å². The van der Waals surface area contributed by atoms with Gasteiger partial charge >= 0.3 is 0 Å². The van der Waals surface area contributed by atoms with Crippen LogP contribution >= 0.6 is 0 Å². The molecule has 1 aromatic heterocycles. The Morgan fingerprint density at radius 1 is 1.41 bits per heavy atom. The Morgan fingerprint density at radius 3 is 2.86 bits per heavy atom. The van der Waals surface area contributed by atoms with Gasteiger partial charge in [-0.3, -0.25) is 4.79 Å². The molecule has 2 heterocycles. The molecule has 1 unspecified atom stereocenters. The van der Waals surface area contributed by atoms with Crippen molar-refractivity contribution in [3.63, 3.8) is 0 Å². The number of likely N-dealkylation sites (tertiary alicyclic amines) is 1. The Labute approximate surface area is 128 Å². The molecule has 116 valence electrons. The van der Waals surface area contributed by atoms with E-state index in [0.717, 1.165) is 29.9 Å². The number of nitrogens with zero attached hydrogens (tertiary/aromatic N) is 2. The summed E-state index contributed by atoms with van der Waals surface area (Å²) in [4.78, 5) is 14.4. The number of aryl methyl sites for hydroxylation is 2. The van der Waals surface area contributed by atoms with E-state index in [4.69, 9.17) is 4.52 Å². The minimum Gasteiger partial charge on any atom is -0.361 e. The Bertz CT molecular complexity index is 676. The van der Waals surface area contributed by atoms with Crippen molar-refractivity contribution in [3.8, 4) is 0 Å². The van der Waals surface area contributed by atoms with Gasteiger partial charge in [-0.05, 0) is 38.3 Å². The van der Waals surface area contributed by atoms with E-state index >= 15 is 0 Å². The molecule has 0 saturated carbocycles. The van der Waals surface area contributed by atoms with Gasteiger partial charge in [-0.15, -0.1) is 0 Å². The minimum absolute atomic E-state index is 0.00877. The van der Waals surface area contributed by atoms with Crippen LogP contribution in [0.3, 0.4) is 0 Å². The molecule has 5 heteroatoms. The number of carbonyl (C=O) groups excluding carboxylic acids is 1. The van der Waals surface area contributed by atoms with Gasteiger partial charge in [0.2, 0.25) is 5.91 Å². The molecule has 0 spiro atoms. The predicted octanol–water partition coefficient (Wildman–Crippen LogP) is 3.34. The second-order valence-electron chi connectivity index (χ2n) is 5.75. The second kappa shape index (κ2) is 5.91. The summed E-state index contributed by atoms with van der Waals surface area (Å²) in [7, 11) is 0. The van der Waals surface area contributed by atoms with E-state index in [1.165, 1.54) is 6.07 Å². The average Bonchev–Trinajstić information content (AvgIpc) is 3.08. The van der Waals surface area contributed by atoms with Crippen molar-refractivity contribution in [1.82, 2.24) is 10.1 Å². The summed E-state index contributed by atoms with van der Waals surface area (Å²) in [6.45, 7) is 4.46. The van der Waals surface area contributed by atoms with E-state index in [1.54, 1.807) is 18.2 Å². The van der Waals surface area contributed by atoms with Crippen molar-refractivity contribution in [2.75, 3.05) is 6.54 Å². The largest absolute Gasteiger partial charge is 0.361 e. The summed E-state index contributed by atoms with van der Waals surface area (Å²) in [5.41, 5.74) is 2.27. The standard InChI is InChI=1S/C17H19FN2O2/c1-11-17(12(2)22-19-11)15-8-5-9-20(15)16(21)10-13-6-3-4-7-14(13)18/h3-4,6-7,15H,5,8-10H2,1-2H3. The van der Waals surface area contributed by atoms with Gasteiger partial charge in [-0.25, -0.2) is 4.39 Å². The number of benzene rings is 1. The fraction of sp³-hybridized carbons (Fsp3) is 0.412. The summed E-state index contributed by atoms with van der Waals surface area (Å²) in [6.07, 6.45) is 1.93. The highest BCUT2D eigenvalue weighted by atomic mass is 19.1. The highest BCUT2D eigenvalue weighted by Gasteiger charge is 2.33. The lowest BCUT2D eigenvalue weighted by Gasteiger charge is -2.25. The lowest BCUT2D eigenvalue weighted by molar-refractivity contribution is -0.131. The highest BCUT2D eigenvalue weighted by Crippen LogP contribution is 2.35. The van der Waals surface area contributed by atoms with Crippen molar-refractivity contribution < 1.29 is 13.7 Å². The summed E-state index contributed by atoms with van der Waals surface area (Å²) >= 11 is 0. The third-order valence-electron chi connectivity index (χ3n) is 4.29. The van der Waals surface area contributed by atoms with E-state index in [9.17, 15) is 9.18 Å². The van der Waals surface area contributed by atoms with Crippen LogP contribution in [0.1, 0.15) is 41.5 Å². The lowest BCUT2D eigenvalue weighted by atomic mass is 10.0. The zero-order valence-electron chi connectivity index (χ0n) is 12.8. The van der Waals surface area contributed by atoms with Crippen LogP contribution in [0.2, 0.25) is 0 Å². The molecule has 0 aliphatic carbocycles. The number of aromatic nitrogens is 1.